The molecule has 0 aliphatic rings. The number of hydrogen-bond acceptors (Lipinski definition) is 3. The second kappa shape index (κ2) is 6.79. The minimum atomic E-state index is -0.159. The topological polar surface area (TPSA) is 67.0 Å². The van der Waals surface area contributed by atoms with Gasteiger partial charge in [0, 0.05) is 12.1 Å². The zero-order valence-electron chi connectivity index (χ0n) is 12.7. The maximum absolute atomic E-state index is 12.4. The molecule has 5 heteroatoms. The van der Waals surface area contributed by atoms with Crippen LogP contribution in [0, 0.1) is 0 Å². The van der Waals surface area contributed by atoms with Crippen LogP contribution in [-0.4, -0.2) is 23.2 Å². The number of carbonyl (C=O) groups is 1. The minimum Gasteiger partial charge on any atom is -0.497 e. The first-order valence-corrected chi connectivity index (χ1v) is 7.28. The number of nitrogens with one attached hydrogen (secondary N) is 2. The molecular weight excluding hydrogens is 290 g/mol. The van der Waals surface area contributed by atoms with Crippen molar-refractivity contribution in [2.24, 2.45) is 0 Å². The summed E-state index contributed by atoms with van der Waals surface area (Å²) in [5.41, 5.74) is 3.19. The van der Waals surface area contributed by atoms with Gasteiger partial charge in [0.1, 0.15) is 5.75 Å². The lowest BCUT2D eigenvalue weighted by Gasteiger charge is -2.07. The van der Waals surface area contributed by atoms with E-state index in [0.29, 0.717) is 12.1 Å². The van der Waals surface area contributed by atoms with Crippen LogP contribution in [0.1, 0.15) is 15.9 Å². The summed E-state index contributed by atoms with van der Waals surface area (Å²) in [6.07, 6.45) is 1.55. The van der Waals surface area contributed by atoms with E-state index in [1.165, 1.54) is 0 Å². The Bertz CT molecular complexity index is 780. The van der Waals surface area contributed by atoms with Crippen LogP contribution in [0.25, 0.3) is 11.3 Å². The molecule has 2 aromatic carbocycles. The van der Waals surface area contributed by atoms with Gasteiger partial charge in [0.15, 0.2) is 0 Å². The summed E-state index contributed by atoms with van der Waals surface area (Å²) in [7, 11) is 1.63. The van der Waals surface area contributed by atoms with Crippen LogP contribution in [0.3, 0.4) is 0 Å². The molecule has 0 saturated carbocycles. The van der Waals surface area contributed by atoms with E-state index >= 15 is 0 Å². The number of aromatic nitrogens is 2. The quantitative estimate of drug-likeness (QED) is 0.761. The number of carbonyl (C=O) groups excluding carboxylic acids is 1. The Morgan fingerprint density at radius 3 is 2.57 bits per heavy atom. The van der Waals surface area contributed by atoms with E-state index in [1.807, 2.05) is 54.6 Å². The first-order chi connectivity index (χ1) is 11.3. The standard InChI is InChI=1S/C18H17N3O2/c1-23-15-9-7-13(8-10-15)11-19-18(22)16-12-20-21-17(16)14-5-3-2-4-6-14/h2-10,12H,11H2,1H3,(H,19,22)(H,20,21). The fourth-order valence-corrected chi connectivity index (χ4v) is 2.30. The molecule has 0 bridgehead atoms. The number of methoxy groups -OCH3 is 1. The molecule has 0 spiro atoms. The van der Waals surface area contributed by atoms with Crippen molar-refractivity contribution in [2.75, 3.05) is 7.11 Å². The Hall–Kier alpha value is -3.08. The molecule has 1 heterocycles. The van der Waals surface area contributed by atoms with Crippen LogP contribution >= 0.6 is 0 Å². The smallest absolute Gasteiger partial charge is 0.255 e. The summed E-state index contributed by atoms with van der Waals surface area (Å²) in [4.78, 5) is 12.4. The Labute approximate surface area is 134 Å². The lowest BCUT2D eigenvalue weighted by Crippen LogP contribution is -2.22. The van der Waals surface area contributed by atoms with E-state index in [0.717, 1.165) is 22.6 Å². The summed E-state index contributed by atoms with van der Waals surface area (Å²) < 4.78 is 5.12. The van der Waals surface area contributed by atoms with Crippen LogP contribution in [0.2, 0.25) is 0 Å². The van der Waals surface area contributed by atoms with Crippen molar-refractivity contribution in [3.05, 3.63) is 71.9 Å². The monoisotopic (exact) mass is 307 g/mol. The van der Waals surface area contributed by atoms with Crippen molar-refractivity contribution < 1.29 is 9.53 Å². The molecule has 1 aromatic heterocycles. The molecule has 0 aliphatic carbocycles. The first kappa shape index (κ1) is 14.8. The van der Waals surface area contributed by atoms with Gasteiger partial charge in [-0.15, -0.1) is 0 Å². The second-order valence-electron chi connectivity index (χ2n) is 5.06. The predicted octanol–water partition coefficient (Wildman–Crippen LogP) is 3.02. The third-order valence-electron chi connectivity index (χ3n) is 3.56. The molecule has 0 atom stereocenters. The second-order valence-corrected chi connectivity index (χ2v) is 5.06. The normalized spacial score (nSPS) is 10.3. The minimum absolute atomic E-state index is 0.159. The zero-order chi connectivity index (χ0) is 16.1. The van der Waals surface area contributed by atoms with Gasteiger partial charge in [-0.1, -0.05) is 42.5 Å². The van der Waals surface area contributed by atoms with Crippen LogP contribution < -0.4 is 10.1 Å². The lowest BCUT2D eigenvalue weighted by molar-refractivity contribution is 0.0951. The molecule has 2 N–H and O–H groups in total. The number of amides is 1. The maximum atomic E-state index is 12.4. The van der Waals surface area contributed by atoms with Gasteiger partial charge in [-0.3, -0.25) is 9.89 Å². The highest BCUT2D eigenvalue weighted by Crippen LogP contribution is 2.20. The van der Waals surface area contributed by atoms with E-state index in [2.05, 4.69) is 15.5 Å². The number of rotatable bonds is 5. The van der Waals surface area contributed by atoms with E-state index < -0.39 is 0 Å². The van der Waals surface area contributed by atoms with Crippen LogP contribution in [0.5, 0.6) is 5.75 Å². The highest BCUT2D eigenvalue weighted by Gasteiger charge is 2.14. The van der Waals surface area contributed by atoms with Crippen molar-refractivity contribution in [1.29, 1.82) is 0 Å². The highest BCUT2D eigenvalue weighted by molar-refractivity contribution is 5.99. The van der Waals surface area contributed by atoms with Gasteiger partial charge < -0.3 is 10.1 Å². The Morgan fingerprint density at radius 1 is 1.13 bits per heavy atom. The Balaban J connectivity index is 1.70. The van der Waals surface area contributed by atoms with Gasteiger partial charge in [0.05, 0.1) is 24.6 Å². The number of aromatic amines is 1. The summed E-state index contributed by atoms with van der Waals surface area (Å²) in [6.45, 7) is 0.447. The van der Waals surface area contributed by atoms with E-state index in [1.54, 1.807) is 13.3 Å². The Kier molecular flexibility index (Phi) is 4.38. The summed E-state index contributed by atoms with van der Waals surface area (Å²) in [5, 5.41) is 9.79. The SMILES string of the molecule is COc1ccc(CNC(=O)c2cn[nH]c2-c2ccccc2)cc1. The van der Waals surface area contributed by atoms with Crippen molar-refractivity contribution in [2.45, 2.75) is 6.54 Å². The zero-order valence-corrected chi connectivity index (χ0v) is 12.7. The molecule has 0 aliphatic heterocycles. The van der Waals surface area contributed by atoms with E-state index in [4.69, 9.17) is 4.74 Å². The average molecular weight is 307 g/mol. The largest absolute Gasteiger partial charge is 0.497 e. The van der Waals surface area contributed by atoms with Gasteiger partial charge in [-0.25, -0.2) is 0 Å². The molecule has 1 amide bonds. The highest BCUT2D eigenvalue weighted by atomic mass is 16.5. The van der Waals surface area contributed by atoms with Crippen molar-refractivity contribution >= 4 is 5.91 Å². The fraction of sp³-hybridized carbons (Fsp3) is 0.111. The molecule has 0 saturated heterocycles. The van der Waals surface area contributed by atoms with Crippen molar-refractivity contribution in [3.8, 4) is 17.0 Å². The number of benzene rings is 2. The van der Waals surface area contributed by atoms with E-state index in [-0.39, 0.29) is 5.91 Å². The number of nitrogens with zero attached hydrogens (tertiary/aromatic N) is 1. The van der Waals surface area contributed by atoms with Gasteiger partial charge in [-0.2, -0.15) is 5.10 Å². The van der Waals surface area contributed by atoms with Crippen LogP contribution in [0.15, 0.2) is 60.8 Å². The number of hydrogen-bond donors (Lipinski definition) is 2. The summed E-state index contributed by atoms with van der Waals surface area (Å²) in [6, 6.07) is 17.2. The third kappa shape index (κ3) is 3.40. The maximum Gasteiger partial charge on any atom is 0.255 e. The first-order valence-electron chi connectivity index (χ1n) is 7.28. The van der Waals surface area contributed by atoms with Crippen molar-refractivity contribution in [3.63, 3.8) is 0 Å². The summed E-state index contributed by atoms with van der Waals surface area (Å²) in [5.74, 6) is 0.634. The molecular formula is C18H17N3O2. The molecule has 0 radical (unpaired) electrons. The number of ether oxygens (including phenoxy) is 1. The van der Waals surface area contributed by atoms with Gasteiger partial charge in [0.2, 0.25) is 0 Å². The van der Waals surface area contributed by atoms with E-state index in [9.17, 15) is 4.79 Å². The van der Waals surface area contributed by atoms with Crippen LogP contribution in [0.4, 0.5) is 0 Å². The number of H-pyrrole nitrogens is 1. The summed E-state index contributed by atoms with van der Waals surface area (Å²) >= 11 is 0. The van der Waals surface area contributed by atoms with Gasteiger partial charge in [-0.05, 0) is 17.7 Å². The molecule has 3 rings (SSSR count). The molecule has 3 aromatic rings. The van der Waals surface area contributed by atoms with Gasteiger partial charge in [0.25, 0.3) is 5.91 Å². The molecule has 5 nitrogen and oxygen atoms in total. The average Bonchev–Trinajstić information content (AvgIpc) is 3.11. The molecule has 23 heavy (non-hydrogen) atoms. The molecule has 0 unspecified atom stereocenters. The van der Waals surface area contributed by atoms with Crippen LogP contribution in [-0.2, 0) is 6.54 Å². The molecule has 0 fully saturated rings. The third-order valence-corrected chi connectivity index (χ3v) is 3.56. The molecule has 116 valence electrons. The predicted molar refractivity (Wildman–Crippen MR) is 88.2 cm³/mol. The van der Waals surface area contributed by atoms with Gasteiger partial charge >= 0.3 is 0 Å². The van der Waals surface area contributed by atoms with Crippen molar-refractivity contribution in [1.82, 2.24) is 15.5 Å². The lowest BCUT2D eigenvalue weighted by atomic mass is 10.1. The fourth-order valence-electron chi connectivity index (χ4n) is 2.30. The Morgan fingerprint density at radius 2 is 1.87 bits per heavy atom.